The molecule has 0 radical (unpaired) electrons. The van der Waals surface area contributed by atoms with Crippen LogP contribution >= 0.6 is 23.3 Å². The minimum atomic E-state index is -5.64. The summed E-state index contributed by atoms with van der Waals surface area (Å²) in [5.41, 5.74) is 17.4. The molecule has 4 aliphatic heterocycles. The zero-order valence-corrected chi connectivity index (χ0v) is 50.5. The molecule has 1 fully saturated rings. The van der Waals surface area contributed by atoms with E-state index in [-0.39, 0.29) is 65.8 Å². The van der Waals surface area contributed by atoms with Crippen LogP contribution in [0.1, 0.15) is 135 Å². The molecule has 452 valence electrons. The van der Waals surface area contributed by atoms with Crippen LogP contribution in [0.15, 0.2) is 55.1 Å². The number of rotatable bonds is 19. The second-order valence-electron chi connectivity index (χ2n) is 23.3. The maximum Gasteiger partial charge on any atom is 0.480 e. The fourth-order valence-corrected chi connectivity index (χ4v) is 16.7. The van der Waals surface area contributed by atoms with E-state index in [1.54, 1.807) is 11.9 Å². The van der Waals surface area contributed by atoms with Crippen LogP contribution in [0.3, 0.4) is 0 Å². The highest BCUT2D eigenvalue weighted by Crippen LogP contribution is 2.61. The number of fused-ring (bicyclic) bond motifs is 5. The number of carbonyl (C=O) groups excluding carboxylic acids is 3. The maximum atomic E-state index is 14.9. The van der Waals surface area contributed by atoms with E-state index in [0.29, 0.717) is 17.9 Å². The molecule has 5 aliphatic rings. The van der Waals surface area contributed by atoms with Crippen molar-refractivity contribution in [3.8, 4) is 0 Å². The minimum absolute atomic E-state index is 0.0180. The maximum absolute atomic E-state index is 14.9. The van der Waals surface area contributed by atoms with E-state index in [0.717, 1.165) is 79.6 Å². The number of hydrogen-bond donors (Lipinski definition) is 9. The van der Waals surface area contributed by atoms with Crippen LogP contribution in [0.2, 0.25) is 0 Å². The van der Waals surface area contributed by atoms with Crippen LogP contribution in [-0.4, -0.2) is 144 Å². The Labute approximate surface area is 484 Å². The van der Waals surface area contributed by atoms with Crippen molar-refractivity contribution in [3.63, 3.8) is 0 Å². The number of anilines is 2. The lowest BCUT2D eigenvalue weighted by Crippen LogP contribution is -2.50. The number of phosphoric acid groups is 1. The Morgan fingerprint density at radius 1 is 0.964 bits per heavy atom. The zero-order chi connectivity index (χ0) is 60.4. The number of carbonyl (C=O) groups is 3. The van der Waals surface area contributed by atoms with Crippen molar-refractivity contribution < 1.29 is 71.1 Å². The number of nitrogens with one attached hydrogen (secondary N) is 3. The van der Waals surface area contributed by atoms with E-state index in [1.807, 2.05) is 18.2 Å². The number of aryl methyl sites for hydroxylation is 1. The largest absolute Gasteiger partial charge is 0.480 e. The fourth-order valence-electron chi connectivity index (χ4n) is 13.3. The van der Waals surface area contributed by atoms with Gasteiger partial charge in [-0.1, -0.05) is 39.0 Å². The van der Waals surface area contributed by atoms with E-state index in [4.69, 9.17) is 29.5 Å². The number of aliphatic hydroxyl groups excluding tert-OH is 1. The smallest absolute Gasteiger partial charge is 0.440 e. The molecule has 0 spiro atoms. The summed E-state index contributed by atoms with van der Waals surface area (Å²) in [5, 5.41) is 19.2. The first-order valence-electron chi connectivity index (χ1n) is 28.1. The first-order valence-corrected chi connectivity index (χ1v) is 32.7. The third-order valence-corrected chi connectivity index (χ3v) is 20.9. The molecule has 5 aromatic rings. The van der Waals surface area contributed by atoms with Crippen LogP contribution in [0.5, 0.6) is 0 Å². The Balaban J connectivity index is 0.807. The number of nitrogens with two attached hydrogens (primary N) is 1. The van der Waals surface area contributed by atoms with E-state index >= 15 is 0 Å². The van der Waals surface area contributed by atoms with Gasteiger partial charge in [0, 0.05) is 85.8 Å². The lowest BCUT2D eigenvalue weighted by molar-refractivity contribution is -0.121. The summed E-state index contributed by atoms with van der Waals surface area (Å²) < 4.78 is 60.0. The molecule has 0 saturated carbocycles. The number of aromatic nitrogens is 4. The molecule has 0 bridgehead atoms. The molecule has 6 heterocycles. The highest BCUT2D eigenvalue weighted by molar-refractivity contribution is 7.70. The van der Waals surface area contributed by atoms with Crippen LogP contribution in [0, 0.1) is 0 Å². The number of hydrogen-bond acceptors (Lipinski definition) is 16. The summed E-state index contributed by atoms with van der Waals surface area (Å²) in [7, 11) is -15.0. The molecule has 3 unspecified atom stereocenters. The predicted octanol–water partition coefficient (Wildman–Crippen LogP) is 3.73. The number of amides is 3. The Kier molecular flexibility index (Phi) is 17.0. The standard InChI is InChI=1S/C55H72N11O15P3/c1-8-66-40-26-39-37(25-36(40)31(2)27-54(66,3)4)43(38-24-32-14-11-22-64-23-12-17-35(46(32)64)44(38)55(39,5)6)33-15-9-10-16-34(33)51(69)63(7)21-13-18-42(67)57-19-20-58-53(70)80-48-41(28-78-84(76,77)81-83(74,75)62-82(71,72)73)79-52(47(48)68)65-30-61-45-49(56)59-29-60-50(45)65/h9-10,15-16,24-26,29-31,41,47-48,52,68H,8,11-14,17-23,27-28H2,1-7H3,(H8-,56,57,58,59,60,62,67,70,71,72,73,74,75,76,77)/p+1/t31?,41-,47-,48-,52-/m1/s1. The first-order chi connectivity index (χ1) is 39.6. The Morgan fingerprint density at radius 3 is 2.43 bits per heavy atom. The highest BCUT2D eigenvalue weighted by Gasteiger charge is 2.50. The second kappa shape index (κ2) is 23.4. The number of aliphatic hydroxyl groups is 1. The number of ether oxygens (including phenoxy) is 2. The lowest BCUT2D eigenvalue weighted by atomic mass is 9.64. The van der Waals surface area contributed by atoms with Crippen molar-refractivity contribution in [2.75, 3.05) is 63.6 Å². The number of benzene rings is 3. The molecular weight excluding hydrogens is 1150 g/mol. The summed E-state index contributed by atoms with van der Waals surface area (Å²) in [6.07, 6.45) is 0.173. The predicted molar refractivity (Wildman–Crippen MR) is 309 cm³/mol. The Bertz CT molecular complexity index is 3740. The molecule has 1 aliphatic carbocycles. The molecule has 3 amide bonds. The Hall–Kier alpha value is -5.98. The molecule has 10 rings (SSSR count). The van der Waals surface area contributed by atoms with Crippen LogP contribution in [-0.2, 0) is 55.1 Å². The van der Waals surface area contributed by atoms with Crippen molar-refractivity contribution in [3.05, 3.63) is 110 Å². The first kappa shape index (κ1) is 61.1. The summed E-state index contributed by atoms with van der Waals surface area (Å²) in [6, 6.07) is 15.2. The summed E-state index contributed by atoms with van der Waals surface area (Å²) in [5.74, 6) is -0.241. The van der Waals surface area contributed by atoms with Crippen LogP contribution in [0.4, 0.5) is 16.3 Å². The van der Waals surface area contributed by atoms with E-state index in [1.165, 1.54) is 55.0 Å². The molecule has 2 aromatic heterocycles. The van der Waals surface area contributed by atoms with Crippen molar-refractivity contribution in [2.45, 2.75) is 128 Å². The van der Waals surface area contributed by atoms with Gasteiger partial charge in [-0.15, -0.1) is 4.86 Å². The van der Waals surface area contributed by atoms with Crippen LogP contribution < -0.4 is 41.3 Å². The van der Waals surface area contributed by atoms with Gasteiger partial charge in [-0.25, -0.2) is 38.0 Å². The van der Waals surface area contributed by atoms with Crippen LogP contribution in [0.25, 0.3) is 16.7 Å². The molecule has 7 atom stereocenters. The van der Waals surface area contributed by atoms with E-state index in [9.17, 15) is 43.0 Å². The number of nitrogens with zero attached hydrogens (tertiary/aromatic N) is 7. The van der Waals surface area contributed by atoms with Gasteiger partial charge in [0.15, 0.2) is 23.8 Å². The summed E-state index contributed by atoms with van der Waals surface area (Å²) in [4.78, 5) is 96.3. The number of nitrogen functional groups attached to an aromatic ring is 1. The van der Waals surface area contributed by atoms with Crippen molar-refractivity contribution in [1.82, 2.24) is 44.5 Å². The Morgan fingerprint density at radius 2 is 1.69 bits per heavy atom. The lowest BCUT2D eigenvalue weighted by Gasteiger charge is -2.48. The molecule has 29 heteroatoms. The van der Waals surface area contributed by atoms with Crippen molar-refractivity contribution >= 4 is 69.5 Å². The monoisotopic (exact) mass is 1220 g/mol. The summed E-state index contributed by atoms with van der Waals surface area (Å²) in [6.45, 7) is 16.0. The zero-order valence-electron chi connectivity index (χ0n) is 47.9. The van der Waals surface area contributed by atoms with Gasteiger partial charge in [0.05, 0.1) is 12.9 Å². The third-order valence-electron chi connectivity index (χ3n) is 16.7. The highest BCUT2D eigenvalue weighted by atomic mass is 31.3. The average Bonchev–Trinajstić information content (AvgIpc) is 0.879. The average molecular weight is 1220 g/mol. The van der Waals surface area contributed by atoms with Gasteiger partial charge < -0.3 is 60.3 Å². The molecule has 84 heavy (non-hydrogen) atoms. The van der Waals surface area contributed by atoms with Gasteiger partial charge in [0.25, 0.3) is 5.91 Å². The molecule has 1 saturated heterocycles. The van der Waals surface area contributed by atoms with Gasteiger partial charge in [0.1, 0.15) is 37.1 Å². The number of phosphoric ester groups is 1. The molecule has 26 nitrogen and oxygen atoms in total. The van der Waals surface area contributed by atoms with Gasteiger partial charge in [-0.2, -0.15) is 4.31 Å². The van der Waals surface area contributed by atoms with Gasteiger partial charge in [0.2, 0.25) is 11.3 Å². The topological polar surface area (TPSA) is 356 Å². The number of imidazole rings is 1. The van der Waals surface area contributed by atoms with Crippen molar-refractivity contribution in [2.24, 2.45) is 0 Å². The summed E-state index contributed by atoms with van der Waals surface area (Å²) >= 11 is 0. The fraction of sp³-hybridized carbons (Fsp3) is 0.509. The number of alkyl carbamates (subject to hydrolysis) is 1. The van der Waals surface area contributed by atoms with Gasteiger partial charge in [-0.05, 0) is 115 Å². The van der Waals surface area contributed by atoms with Crippen molar-refractivity contribution in [1.29, 1.82) is 0 Å². The minimum Gasteiger partial charge on any atom is -0.440 e. The molecule has 10 N–H and O–H groups in total. The van der Waals surface area contributed by atoms with Gasteiger partial charge >= 0.3 is 29.4 Å². The van der Waals surface area contributed by atoms with Gasteiger partial charge in [-0.3, -0.25) is 18.7 Å². The second-order valence-corrected chi connectivity index (χ2v) is 28.0. The molecular formula is C55H73N11O15P3+. The molecule has 3 aromatic carbocycles. The van der Waals surface area contributed by atoms with E-state index < -0.39 is 60.6 Å². The third kappa shape index (κ3) is 12.1. The SMILES string of the molecule is CCN1c2cc3c(cc2C(C)CC1(C)C)C(c1ccccc1C(=O)N(C)CCCC(=O)NCCNC(=O)O[C@H]1[C@@H](O)[C@H](n2cnc4c(N)ncnc42)O[C@@H]1COP(=O)(O)OP(=O)(O)NP(=O)(O)O)=c1cc2c4c(c1C3(C)C)CCC[N+]=4CCC2. The van der Waals surface area contributed by atoms with E-state index in [2.05, 4.69) is 105 Å². The quantitative estimate of drug-likeness (QED) is 0.0323. The normalized spacial score (nSPS) is 22.7.